The van der Waals surface area contributed by atoms with Crippen molar-refractivity contribution in [2.45, 2.75) is 46.0 Å². The van der Waals surface area contributed by atoms with Gasteiger partial charge in [0.1, 0.15) is 0 Å². The van der Waals surface area contributed by atoms with E-state index >= 15 is 0 Å². The molecule has 2 amide bonds. The first kappa shape index (κ1) is 19.0. The molecule has 1 aliphatic carbocycles. The normalized spacial score (nSPS) is 13.8. The third-order valence-electron chi connectivity index (χ3n) is 4.58. The van der Waals surface area contributed by atoms with Crippen LogP contribution in [0, 0.1) is 0 Å². The Hall–Kier alpha value is -2.30. The van der Waals surface area contributed by atoms with E-state index in [4.69, 9.17) is 0 Å². The molecule has 5 heteroatoms. The lowest BCUT2D eigenvalue weighted by Crippen LogP contribution is -2.36. The second-order valence-electron chi connectivity index (χ2n) is 6.29. The van der Waals surface area contributed by atoms with Crippen LogP contribution >= 0.6 is 0 Å². The molecule has 0 unspecified atom stereocenters. The van der Waals surface area contributed by atoms with E-state index in [1.165, 1.54) is 18.4 Å². The third kappa shape index (κ3) is 5.93. The zero-order valence-electron chi connectivity index (χ0n) is 15.3. The van der Waals surface area contributed by atoms with Crippen molar-refractivity contribution in [2.75, 3.05) is 29.9 Å². The molecule has 136 valence electrons. The van der Waals surface area contributed by atoms with Crippen LogP contribution in [0.3, 0.4) is 0 Å². The highest BCUT2D eigenvalue weighted by Gasteiger charge is 2.14. The first-order valence-electron chi connectivity index (χ1n) is 9.26. The summed E-state index contributed by atoms with van der Waals surface area (Å²) in [4.78, 5) is 26.1. The van der Waals surface area contributed by atoms with E-state index in [2.05, 4.69) is 35.5 Å². The van der Waals surface area contributed by atoms with Gasteiger partial charge in [-0.1, -0.05) is 11.6 Å². The van der Waals surface area contributed by atoms with Gasteiger partial charge in [-0.2, -0.15) is 0 Å². The fourth-order valence-corrected chi connectivity index (χ4v) is 3.08. The molecule has 0 spiro atoms. The van der Waals surface area contributed by atoms with E-state index < -0.39 is 11.8 Å². The number of anilines is 2. The van der Waals surface area contributed by atoms with Crippen LogP contribution in [-0.4, -0.2) is 31.4 Å². The highest BCUT2D eigenvalue weighted by Crippen LogP contribution is 2.19. The summed E-state index contributed by atoms with van der Waals surface area (Å²) >= 11 is 0. The number of hydrogen-bond donors (Lipinski definition) is 2. The number of allylic oxidation sites excluding steroid dienone is 1. The van der Waals surface area contributed by atoms with Gasteiger partial charge in [-0.25, -0.2) is 0 Å². The monoisotopic (exact) mass is 343 g/mol. The van der Waals surface area contributed by atoms with Crippen LogP contribution in [0.4, 0.5) is 11.4 Å². The summed E-state index contributed by atoms with van der Waals surface area (Å²) in [6.45, 7) is 6.58. The molecular weight excluding hydrogens is 314 g/mol. The van der Waals surface area contributed by atoms with Crippen LogP contribution in [-0.2, 0) is 9.59 Å². The Labute approximate surface area is 150 Å². The molecule has 2 rings (SSSR count). The maximum absolute atomic E-state index is 12.0. The molecule has 2 N–H and O–H groups in total. The highest BCUT2D eigenvalue weighted by atomic mass is 16.2. The van der Waals surface area contributed by atoms with Gasteiger partial charge in [0.05, 0.1) is 0 Å². The van der Waals surface area contributed by atoms with E-state index in [-0.39, 0.29) is 0 Å². The fraction of sp³-hybridized carbons (Fsp3) is 0.500. The molecule has 0 heterocycles. The Morgan fingerprint density at radius 1 is 1.04 bits per heavy atom. The molecule has 25 heavy (non-hydrogen) atoms. The van der Waals surface area contributed by atoms with Crippen LogP contribution in [0.15, 0.2) is 35.9 Å². The molecule has 5 nitrogen and oxygen atoms in total. The lowest BCUT2D eigenvalue weighted by atomic mass is 9.97. The predicted molar refractivity (Wildman–Crippen MR) is 103 cm³/mol. The van der Waals surface area contributed by atoms with Gasteiger partial charge < -0.3 is 15.5 Å². The number of benzene rings is 1. The number of nitrogens with zero attached hydrogens (tertiary/aromatic N) is 1. The van der Waals surface area contributed by atoms with Gasteiger partial charge in [0.25, 0.3) is 0 Å². The van der Waals surface area contributed by atoms with Crippen LogP contribution in [0.1, 0.15) is 46.0 Å². The minimum atomic E-state index is -0.617. The number of amides is 2. The average Bonchev–Trinajstić information content (AvgIpc) is 2.65. The van der Waals surface area contributed by atoms with Gasteiger partial charge in [-0.05, 0) is 70.2 Å². The maximum atomic E-state index is 12.0. The second-order valence-corrected chi connectivity index (χ2v) is 6.29. The molecule has 0 aromatic heterocycles. The molecule has 0 radical (unpaired) electrons. The standard InChI is InChI=1S/C20H29N3O2/c1-3-23(4-2)18-12-10-17(11-13-18)22-20(25)19(24)21-15-14-16-8-6-5-7-9-16/h8,10-13H,3-7,9,14-15H2,1-2H3,(H,21,24)(H,22,25). The average molecular weight is 343 g/mol. The zero-order valence-corrected chi connectivity index (χ0v) is 15.3. The summed E-state index contributed by atoms with van der Waals surface area (Å²) in [5, 5.41) is 5.35. The largest absolute Gasteiger partial charge is 0.372 e. The zero-order chi connectivity index (χ0) is 18.1. The van der Waals surface area contributed by atoms with Crippen molar-refractivity contribution < 1.29 is 9.59 Å². The van der Waals surface area contributed by atoms with E-state index in [0.717, 1.165) is 38.0 Å². The Morgan fingerprint density at radius 3 is 2.36 bits per heavy atom. The van der Waals surface area contributed by atoms with Crippen molar-refractivity contribution in [1.29, 1.82) is 0 Å². The smallest absolute Gasteiger partial charge is 0.313 e. The van der Waals surface area contributed by atoms with Crippen molar-refractivity contribution in [3.8, 4) is 0 Å². The summed E-state index contributed by atoms with van der Waals surface area (Å²) in [6, 6.07) is 7.56. The van der Waals surface area contributed by atoms with Crippen molar-refractivity contribution in [3.63, 3.8) is 0 Å². The number of nitrogens with one attached hydrogen (secondary N) is 2. The predicted octanol–water partition coefficient (Wildman–Crippen LogP) is 3.48. The van der Waals surface area contributed by atoms with Crippen LogP contribution in [0.5, 0.6) is 0 Å². The quantitative estimate of drug-likeness (QED) is 0.588. The molecular formula is C20H29N3O2. The minimum absolute atomic E-state index is 0.513. The van der Waals surface area contributed by atoms with Gasteiger partial charge >= 0.3 is 11.8 Å². The van der Waals surface area contributed by atoms with Crippen LogP contribution in [0.2, 0.25) is 0 Å². The van der Waals surface area contributed by atoms with Gasteiger partial charge in [0.2, 0.25) is 0 Å². The lowest BCUT2D eigenvalue weighted by molar-refractivity contribution is -0.136. The van der Waals surface area contributed by atoms with Gasteiger partial charge in [0.15, 0.2) is 0 Å². The summed E-state index contributed by atoms with van der Waals surface area (Å²) in [5.74, 6) is -1.20. The first-order chi connectivity index (χ1) is 12.1. The summed E-state index contributed by atoms with van der Waals surface area (Å²) in [6.07, 6.45) is 7.81. The van der Waals surface area contributed by atoms with Crippen LogP contribution in [0.25, 0.3) is 0 Å². The second kappa shape index (κ2) is 9.87. The van der Waals surface area contributed by atoms with Gasteiger partial charge in [0, 0.05) is 31.0 Å². The first-order valence-corrected chi connectivity index (χ1v) is 9.26. The maximum Gasteiger partial charge on any atom is 0.313 e. The minimum Gasteiger partial charge on any atom is -0.372 e. The molecule has 1 aromatic rings. The molecule has 0 saturated carbocycles. The van der Waals surface area contributed by atoms with E-state index in [1.807, 2.05) is 24.3 Å². The summed E-state index contributed by atoms with van der Waals surface area (Å²) < 4.78 is 0. The number of hydrogen-bond acceptors (Lipinski definition) is 3. The molecule has 0 saturated heterocycles. The SMILES string of the molecule is CCN(CC)c1ccc(NC(=O)C(=O)NCCC2=CCCCC2)cc1. The van der Waals surface area contributed by atoms with E-state index in [0.29, 0.717) is 12.2 Å². The van der Waals surface area contributed by atoms with Crippen molar-refractivity contribution >= 4 is 23.2 Å². The van der Waals surface area contributed by atoms with Crippen LogP contribution < -0.4 is 15.5 Å². The Morgan fingerprint density at radius 2 is 1.76 bits per heavy atom. The molecule has 0 bridgehead atoms. The Bertz CT molecular complexity index is 604. The van der Waals surface area contributed by atoms with Crippen molar-refractivity contribution in [2.24, 2.45) is 0 Å². The topological polar surface area (TPSA) is 61.4 Å². The number of carbonyl (C=O) groups is 2. The summed E-state index contributed by atoms with van der Waals surface area (Å²) in [5.41, 5.74) is 3.12. The highest BCUT2D eigenvalue weighted by molar-refractivity contribution is 6.39. The Kier molecular flexibility index (Phi) is 7.51. The molecule has 0 atom stereocenters. The molecule has 1 aliphatic rings. The van der Waals surface area contributed by atoms with Crippen molar-refractivity contribution in [1.82, 2.24) is 5.32 Å². The Balaban J connectivity index is 1.78. The van der Waals surface area contributed by atoms with E-state index in [9.17, 15) is 9.59 Å². The number of rotatable bonds is 7. The molecule has 0 fully saturated rings. The molecule has 0 aliphatic heterocycles. The van der Waals surface area contributed by atoms with Gasteiger partial charge in [-0.3, -0.25) is 9.59 Å². The van der Waals surface area contributed by atoms with Crippen molar-refractivity contribution in [3.05, 3.63) is 35.9 Å². The van der Waals surface area contributed by atoms with Gasteiger partial charge in [-0.15, -0.1) is 0 Å². The summed E-state index contributed by atoms with van der Waals surface area (Å²) in [7, 11) is 0. The fourth-order valence-electron chi connectivity index (χ4n) is 3.08. The molecule has 1 aromatic carbocycles. The third-order valence-corrected chi connectivity index (χ3v) is 4.58. The number of carbonyl (C=O) groups excluding carboxylic acids is 2. The lowest BCUT2D eigenvalue weighted by Gasteiger charge is -2.21. The van der Waals surface area contributed by atoms with E-state index in [1.54, 1.807) is 0 Å².